The van der Waals surface area contributed by atoms with Crippen molar-refractivity contribution >= 4 is 65.5 Å². The lowest BCUT2D eigenvalue weighted by atomic mass is 10.0. The lowest BCUT2D eigenvalue weighted by molar-refractivity contribution is 1.17. The molecule has 7 aromatic carbocycles. The first-order valence-electron chi connectivity index (χ1n) is 17.8. The number of benzene rings is 7. The predicted molar refractivity (Wildman–Crippen MR) is 217 cm³/mol. The van der Waals surface area contributed by atoms with Gasteiger partial charge in [-0.05, 0) is 96.1 Å². The van der Waals surface area contributed by atoms with Crippen molar-refractivity contribution in [3.63, 3.8) is 0 Å². The van der Waals surface area contributed by atoms with Crippen molar-refractivity contribution in [2.24, 2.45) is 0 Å². The van der Waals surface area contributed by atoms with Gasteiger partial charge in [0.1, 0.15) is 0 Å². The van der Waals surface area contributed by atoms with Crippen LogP contribution >= 0.6 is 0 Å². The maximum Gasteiger partial charge on any atom is 0.0992 e. The third-order valence-electron chi connectivity index (χ3n) is 10.7. The molecule has 0 aliphatic rings. The first-order valence-corrected chi connectivity index (χ1v) is 17.8. The molecule has 0 atom stereocenters. The van der Waals surface area contributed by atoms with E-state index < -0.39 is 0 Å². The number of rotatable bonds is 4. The summed E-state index contributed by atoms with van der Waals surface area (Å²) in [5.41, 5.74) is 13.4. The summed E-state index contributed by atoms with van der Waals surface area (Å²) in [6, 6.07) is 62.2. The number of hydrogen-bond acceptors (Lipinski definition) is 2. The highest BCUT2D eigenvalue weighted by atomic mass is 15.0. The Bertz CT molecular complexity index is 3250. The van der Waals surface area contributed by atoms with Crippen molar-refractivity contribution < 1.29 is 0 Å². The summed E-state index contributed by atoms with van der Waals surface area (Å²) in [6.45, 7) is 0. The van der Waals surface area contributed by atoms with E-state index in [1.165, 1.54) is 27.1 Å². The molecule has 0 bridgehead atoms. The van der Waals surface area contributed by atoms with Crippen LogP contribution in [0, 0.1) is 11.3 Å². The molecular formula is C48H29N5. The lowest BCUT2D eigenvalue weighted by Crippen LogP contribution is -1.97. The maximum atomic E-state index is 10.3. The van der Waals surface area contributed by atoms with E-state index in [0.29, 0.717) is 5.56 Å². The van der Waals surface area contributed by atoms with Crippen molar-refractivity contribution in [3.8, 4) is 34.3 Å². The summed E-state index contributed by atoms with van der Waals surface area (Å²) in [6.07, 6.45) is 1.88. The Labute approximate surface area is 304 Å². The normalized spacial score (nSPS) is 11.8. The fraction of sp³-hybridized carbons (Fsp3) is 0. The summed E-state index contributed by atoms with van der Waals surface area (Å²) in [7, 11) is 0. The van der Waals surface area contributed by atoms with E-state index in [1.54, 1.807) is 0 Å². The Morgan fingerprint density at radius 2 is 0.925 bits per heavy atom. The molecule has 5 heteroatoms. The number of para-hydroxylation sites is 4. The Morgan fingerprint density at radius 3 is 1.64 bits per heavy atom. The first-order chi connectivity index (χ1) is 26.2. The van der Waals surface area contributed by atoms with Crippen LogP contribution in [0.4, 0.5) is 0 Å². The van der Waals surface area contributed by atoms with E-state index in [4.69, 9.17) is 4.98 Å². The van der Waals surface area contributed by atoms with Crippen molar-refractivity contribution in [1.82, 2.24) is 18.7 Å². The van der Waals surface area contributed by atoms with Crippen molar-refractivity contribution in [2.45, 2.75) is 0 Å². The van der Waals surface area contributed by atoms with Crippen LogP contribution in [-0.2, 0) is 0 Å². The van der Waals surface area contributed by atoms with Crippen molar-refractivity contribution in [3.05, 3.63) is 182 Å². The van der Waals surface area contributed by atoms with Gasteiger partial charge >= 0.3 is 0 Å². The molecule has 5 nitrogen and oxygen atoms in total. The van der Waals surface area contributed by atoms with E-state index in [9.17, 15) is 5.26 Å². The van der Waals surface area contributed by atoms with Gasteiger partial charge in [0.2, 0.25) is 0 Å². The highest BCUT2D eigenvalue weighted by molar-refractivity contribution is 6.18. The van der Waals surface area contributed by atoms with Crippen molar-refractivity contribution in [2.75, 3.05) is 0 Å². The topological polar surface area (TPSA) is 51.5 Å². The zero-order valence-corrected chi connectivity index (χ0v) is 28.5. The quantitative estimate of drug-likeness (QED) is 0.186. The van der Waals surface area contributed by atoms with Gasteiger partial charge in [0.05, 0.1) is 50.2 Å². The fourth-order valence-corrected chi connectivity index (χ4v) is 8.42. The molecule has 53 heavy (non-hydrogen) atoms. The molecule has 0 N–H and O–H groups in total. The Balaban J connectivity index is 1.14. The zero-order chi connectivity index (χ0) is 35.0. The van der Waals surface area contributed by atoms with Gasteiger partial charge in [-0.1, -0.05) is 84.9 Å². The average Bonchev–Trinajstić information content (AvgIpc) is 3.85. The second-order valence-electron chi connectivity index (χ2n) is 13.6. The van der Waals surface area contributed by atoms with Crippen LogP contribution in [0.15, 0.2) is 176 Å². The Kier molecular flexibility index (Phi) is 6.25. The van der Waals surface area contributed by atoms with Gasteiger partial charge in [-0.2, -0.15) is 5.26 Å². The summed E-state index contributed by atoms with van der Waals surface area (Å²) in [5, 5.41) is 16.1. The number of hydrogen-bond donors (Lipinski definition) is 0. The molecule has 0 radical (unpaired) electrons. The van der Waals surface area contributed by atoms with Gasteiger partial charge in [-0.3, -0.25) is 4.98 Å². The van der Waals surface area contributed by atoms with E-state index >= 15 is 0 Å². The molecule has 11 aromatic rings. The summed E-state index contributed by atoms with van der Waals surface area (Å²) in [4.78, 5) is 4.94. The molecular weight excluding hydrogens is 647 g/mol. The highest BCUT2D eigenvalue weighted by Gasteiger charge is 2.20. The number of aromatic nitrogens is 4. The molecule has 11 rings (SSSR count). The van der Waals surface area contributed by atoms with Gasteiger partial charge in [0.25, 0.3) is 0 Å². The van der Waals surface area contributed by atoms with Gasteiger partial charge in [0.15, 0.2) is 0 Å². The molecule has 0 aliphatic heterocycles. The third kappa shape index (κ3) is 4.33. The van der Waals surface area contributed by atoms with Gasteiger partial charge < -0.3 is 13.7 Å². The second-order valence-corrected chi connectivity index (χ2v) is 13.6. The summed E-state index contributed by atoms with van der Waals surface area (Å²) < 4.78 is 6.96. The minimum atomic E-state index is 0.614. The molecule has 246 valence electrons. The molecule has 0 amide bonds. The SMILES string of the molecule is N#Cc1cc(-c2cccc(-n3c4cc5c6ccccc6n(-c6ccccc6)c5cc4c4ncccc43)c2)cc(-n2c3ccccc3c3ccccc32)c1. The average molecular weight is 676 g/mol. The molecule has 0 aliphatic carbocycles. The zero-order valence-electron chi connectivity index (χ0n) is 28.5. The molecule has 0 saturated carbocycles. The van der Waals surface area contributed by atoms with E-state index in [1.807, 2.05) is 24.4 Å². The van der Waals surface area contributed by atoms with Crippen LogP contribution in [0.3, 0.4) is 0 Å². The van der Waals surface area contributed by atoms with E-state index in [-0.39, 0.29) is 0 Å². The van der Waals surface area contributed by atoms with Gasteiger partial charge in [-0.15, -0.1) is 0 Å². The summed E-state index contributed by atoms with van der Waals surface area (Å²) >= 11 is 0. The maximum absolute atomic E-state index is 10.3. The van der Waals surface area contributed by atoms with Crippen molar-refractivity contribution in [1.29, 1.82) is 5.26 Å². The number of fused-ring (bicyclic) bond motifs is 9. The molecule has 4 heterocycles. The van der Waals surface area contributed by atoms with Crippen LogP contribution < -0.4 is 0 Å². The molecule has 0 fully saturated rings. The minimum absolute atomic E-state index is 0.614. The van der Waals surface area contributed by atoms with E-state index in [0.717, 1.165) is 66.7 Å². The predicted octanol–water partition coefficient (Wildman–Crippen LogP) is 11.9. The van der Waals surface area contributed by atoms with Crippen LogP contribution in [0.5, 0.6) is 0 Å². The van der Waals surface area contributed by atoms with Crippen LogP contribution in [0.1, 0.15) is 5.56 Å². The van der Waals surface area contributed by atoms with Crippen LogP contribution in [-0.4, -0.2) is 18.7 Å². The Morgan fingerprint density at radius 1 is 0.377 bits per heavy atom. The largest absolute Gasteiger partial charge is 0.309 e. The lowest BCUT2D eigenvalue weighted by Gasteiger charge is -2.13. The molecule has 0 unspecified atom stereocenters. The smallest absolute Gasteiger partial charge is 0.0992 e. The van der Waals surface area contributed by atoms with Crippen LogP contribution in [0.25, 0.3) is 93.7 Å². The molecule has 4 aromatic heterocycles. The standard InChI is InChI=1S/C48H29N5/c49-30-31-24-33(27-36(25-31)53-42-19-7-4-16-37(42)38-17-5-8-20-43(38)53)32-12-10-15-35(26-32)52-45-22-11-23-50-48(45)41-29-46-40(28-47(41)52)39-18-6-9-21-44(39)51(46)34-13-2-1-3-14-34/h1-29H. The monoisotopic (exact) mass is 675 g/mol. The van der Waals surface area contributed by atoms with Gasteiger partial charge in [0, 0.05) is 50.2 Å². The number of pyridine rings is 1. The highest BCUT2D eigenvalue weighted by Crippen LogP contribution is 2.40. The summed E-state index contributed by atoms with van der Waals surface area (Å²) in [5.74, 6) is 0. The third-order valence-corrected chi connectivity index (χ3v) is 10.7. The van der Waals surface area contributed by atoms with E-state index in [2.05, 4.69) is 171 Å². The Hall–Kier alpha value is -7.42. The van der Waals surface area contributed by atoms with Gasteiger partial charge in [-0.25, -0.2) is 0 Å². The molecule has 0 saturated heterocycles. The number of nitrogens with zero attached hydrogens (tertiary/aromatic N) is 5. The first kappa shape index (κ1) is 29.3. The second kappa shape index (κ2) is 11.3. The van der Waals surface area contributed by atoms with Crippen LogP contribution in [0.2, 0.25) is 0 Å². The number of nitriles is 1. The fourth-order valence-electron chi connectivity index (χ4n) is 8.42. The minimum Gasteiger partial charge on any atom is -0.309 e. The molecule has 0 spiro atoms.